The van der Waals surface area contributed by atoms with Crippen molar-refractivity contribution < 1.29 is 28.7 Å². The Kier molecular flexibility index (Phi) is 10.9. The van der Waals surface area contributed by atoms with Crippen LogP contribution in [0.25, 0.3) is 0 Å². The molecule has 224 valence electrons. The molecule has 0 radical (unpaired) electrons. The van der Waals surface area contributed by atoms with Crippen LogP contribution in [-0.2, 0) is 20.7 Å². The summed E-state index contributed by atoms with van der Waals surface area (Å²) in [6.45, 7) is 7.00. The fourth-order valence-corrected chi connectivity index (χ4v) is 6.74. The van der Waals surface area contributed by atoms with E-state index in [1.54, 1.807) is 0 Å². The molecule has 1 amide bonds. The molecule has 40 heavy (non-hydrogen) atoms. The van der Waals surface area contributed by atoms with Crippen LogP contribution < -0.4 is 4.74 Å². The van der Waals surface area contributed by atoms with Crippen LogP contribution in [0.5, 0.6) is 5.75 Å². The molecular weight excluding hydrogens is 506 g/mol. The van der Waals surface area contributed by atoms with Crippen molar-refractivity contribution in [3.63, 3.8) is 0 Å². The normalized spacial score (nSPS) is 25.0. The van der Waals surface area contributed by atoms with Crippen LogP contribution in [0.1, 0.15) is 75.3 Å². The smallest absolute Gasteiger partial charge is 0.308 e. The van der Waals surface area contributed by atoms with Crippen molar-refractivity contribution in [3.05, 3.63) is 29.3 Å². The minimum Gasteiger partial charge on any atom is -0.493 e. The Morgan fingerprint density at radius 1 is 1.10 bits per heavy atom. The maximum Gasteiger partial charge on any atom is 0.308 e. The maximum absolute atomic E-state index is 13.8. The lowest BCUT2D eigenvalue weighted by Gasteiger charge is -2.32. The van der Waals surface area contributed by atoms with Crippen molar-refractivity contribution >= 4 is 11.9 Å². The predicted molar refractivity (Wildman–Crippen MR) is 157 cm³/mol. The van der Waals surface area contributed by atoms with Gasteiger partial charge in [0, 0.05) is 51.0 Å². The molecule has 1 unspecified atom stereocenters. The quantitative estimate of drug-likeness (QED) is 0.346. The van der Waals surface area contributed by atoms with Gasteiger partial charge in [-0.1, -0.05) is 25.5 Å². The van der Waals surface area contributed by atoms with E-state index in [-0.39, 0.29) is 30.5 Å². The highest BCUT2D eigenvalue weighted by atomic mass is 16.5. The van der Waals surface area contributed by atoms with E-state index in [1.165, 1.54) is 6.42 Å². The Labute approximate surface area is 241 Å². The van der Waals surface area contributed by atoms with Crippen molar-refractivity contribution in [1.29, 1.82) is 0 Å². The Bertz CT molecular complexity index is 987. The number of unbranched alkanes of at least 4 members (excludes halogenated alkanes) is 1. The number of carboxylic acids is 1. The second-order valence-electron chi connectivity index (χ2n) is 13.1. The van der Waals surface area contributed by atoms with Crippen LogP contribution in [0.2, 0.25) is 0 Å². The lowest BCUT2D eigenvalue weighted by atomic mass is 9.82. The number of aliphatic carboxylic acids is 1. The van der Waals surface area contributed by atoms with E-state index in [2.05, 4.69) is 39.0 Å². The molecule has 4 rings (SSSR count). The summed E-state index contributed by atoms with van der Waals surface area (Å²) in [4.78, 5) is 30.8. The van der Waals surface area contributed by atoms with Gasteiger partial charge in [-0.25, -0.2) is 0 Å². The number of ether oxygens (including phenoxy) is 2. The molecule has 1 N–H and O–H groups in total. The van der Waals surface area contributed by atoms with Crippen LogP contribution in [0.15, 0.2) is 18.2 Å². The second-order valence-corrected chi connectivity index (χ2v) is 13.1. The first-order chi connectivity index (χ1) is 19.2. The second kappa shape index (κ2) is 14.1. The minimum atomic E-state index is -0.767. The number of carboxylic acid groups (broad SMARTS) is 1. The summed E-state index contributed by atoms with van der Waals surface area (Å²) in [6.07, 6.45) is 8.90. The zero-order chi connectivity index (χ0) is 28.7. The zero-order valence-corrected chi connectivity index (χ0v) is 25.3. The first-order valence-corrected chi connectivity index (χ1v) is 15.6. The highest BCUT2D eigenvalue weighted by molar-refractivity contribution is 5.79. The van der Waals surface area contributed by atoms with E-state index in [4.69, 9.17) is 9.47 Å². The lowest BCUT2D eigenvalue weighted by molar-refractivity contribution is -0.870. The van der Waals surface area contributed by atoms with Gasteiger partial charge in [-0.15, -0.1) is 0 Å². The zero-order valence-electron chi connectivity index (χ0n) is 25.3. The van der Waals surface area contributed by atoms with Gasteiger partial charge in [-0.2, -0.15) is 0 Å². The number of rotatable bonds is 14. The molecule has 0 aliphatic carbocycles. The summed E-state index contributed by atoms with van der Waals surface area (Å²) in [5.74, 6) is -0.445. The summed E-state index contributed by atoms with van der Waals surface area (Å²) < 4.78 is 12.6. The number of likely N-dealkylation sites (tertiary alicyclic amines) is 1. The Morgan fingerprint density at radius 3 is 2.60 bits per heavy atom. The Hall–Kier alpha value is -2.16. The van der Waals surface area contributed by atoms with Gasteiger partial charge in [0.15, 0.2) is 0 Å². The highest BCUT2D eigenvalue weighted by Crippen LogP contribution is 2.41. The summed E-state index contributed by atoms with van der Waals surface area (Å²) in [5, 5.41) is 10.5. The average molecular weight is 559 g/mol. The highest BCUT2D eigenvalue weighted by Gasteiger charge is 2.47. The number of hydrogen-bond acceptors (Lipinski definition) is 5. The molecule has 3 heterocycles. The van der Waals surface area contributed by atoms with E-state index in [1.807, 2.05) is 17.0 Å². The molecule has 0 bridgehead atoms. The van der Waals surface area contributed by atoms with Gasteiger partial charge in [0.1, 0.15) is 5.75 Å². The van der Waals surface area contributed by atoms with Crippen LogP contribution in [0.4, 0.5) is 0 Å². The fourth-order valence-electron chi connectivity index (χ4n) is 6.74. The minimum absolute atomic E-state index is 0.126. The molecule has 0 aromatic heterocycles. The number of carbonyl (C=O) groups is 2. The molecule has 1 aromatic rings. The molecule has 2 saturated heterocycles. The maximum atomic E-state index is 13.8. The number of amides is 1. The average Bonchev–Trinajstić information content (AvgIpc) is 3.53. The largest absolute Gasteiger partial charge is 0.493 e. The fraction of sp³-hybridized carbons (Fsp3) is 0.750. The topological polar surface area (TPSA) is 79.3 Å². The number of benzene rings is 1. The monoisotopic (exact) mass is 558 g/mol. The number of nitrogens with zero attached hydrogens (tertiary/aromatic N) is 3. The molecule has 8 nitrogen and oxygen atoms in total. The van der Waals surface area contributed by atoms with Crippen LogP contribution in [-0.4, -0.2) is 110 Å². The summed E-state index contributed by atoms with van der Waals surface area (Å²) in [5.41, 5.74) is 2.21. The standard InChI is InChI=1S/C32H51N3O5/c1-5-6-16-33(17-9-18-35(2,3)4)30(36)23-34-22-27(24-11-14-29-25(21-24)15-20-40-29)31(32(37)38)28(34)13-12-26-10-7-8-19-39-26/h11,14,21,26-28,31H,5-10,12-13,15-20,22-23H2,1-4H3/p+1/t26?,27-,28+,31-/m1/s1. The number of hydrogen-bond donors (Lipinski definition) is 1. The third-order valence-corrected chi connectivity index (χ3v) is 8.96. The van der Waals surface area contributed by atoms with Crippen molar-refractivity contribution in [2.75, 3.05) is 67.1 Å². The van der Waals surface area contributed by atoms with Crippen molar-refractivity contribution in [2.45, 2.75) is 82.8 Å². The number of quaternary nitrogens is 1. The molecule has 3 aliphatic rings. The van der Waals surface area contributed by atoms with E-state index < -0.39 is 11.9 Å². The molecule has 1 aromatic carbocycles. The van der Waals surface area contributed by atoms with Crippen LogP contribution >= 0.6 is 0 Å². The van der Waals surface area contributed by atoms with Crippen molar-refractivity contribution in [1.82, 2.24) is 9.80 Å². The van der Waals surface area contributed by atoms with Gasteiger partial charge in [0.05, 0.1) is 52.9 Å². The third-order valence-electron chi connectivity index (χ3n) is 8.96. The van der Waals surface area contributed by atoms with Gasteiger partial charge in [-0.3, -0.25) is 14.5 Å². The van der Waals surface area contributed by atoms with Gasteiger partial charge in [-0.05, 0) is 55.7 Å². The van der Waals surface area contributed by atoms with Gasteiger partial charge in [0.25, 0.3) is 0 Å². The molecule has 2 fully saturated rings. The summed E-state index contributed by atoms with van der Waals surface area (Å²) >= 11 is 0. The molecule has 3 aliphatic heterocycles. The first-order valence-electron chi connectivity index (χ1n) is 15.6. The summed E-state index contributed by atoms with van der Waals surface area (Å²) in [7, 11) is 6.54. The van der Waals surface area contributed by atoms with E-state index in [0.29, 0.717) is 13.2 Å². The first kappa shape index (κ1) is 30.8. The van der Waals surface area contributed by atoms with E-state index in [9.17, 15) is 14.7 Å². The van der Waals surface area contributed by atoms with Crippen molar-refractivity contribution in [3.8, 4) is 5.75 Å². The molecular formula is C32H52N3O5+. The number of fused-ring (bicyclic) bond motifs is 1. The summed E-state index contributed by atoms with van der Waals surface area (Å²) in [6, 6.07) is 5.99. The molecule has 8 heteroatoms. The molecule has 0 saturated carbocycles. The lowest BCUT2D eigenvalue weighted by Crippen LogP contribution is -2.45. The van der Waals surface area contributed by atoms with E-state index in [0.717, 1.165) is 99.0 Å². The Balaban J connectivity index is 1.53. The predicted octanol–water partition coefficient (Wildman–Crippen LogP) is 4.16. The van der Waals surface area contributed by atoms with E-state index >= 15 is 0 Å². The van der Waals surface area contributed by atoms with Gasteiger partial charge >= 0.3 is 5.97 Å². The van der Waals surface area contributed by atoms with Gasteiger partial charge in [0.2, 0.25) is 5.91 Å². The van der Waals surface area contributed by atoms with Gasteiger partial charge < -0.3 is 24.0 Å². The third kappa shape index (κ3) is 8.20. The SMILES string of the molecule is CCCCN(CCC[N+](C)(C)C)C(=O)CN1C[C@H](c2ccc3c(c2)CCO3)[C@@H](C(=O)O)[C@@H]1CCC1CCCCO1. The van der Waals surface area contributed by atoms with Crippen molar-refractivity contribution in [2.24, 2.45) is 5.92 Å². The molecule has 0 spiro atoms. The Morgan fingerprint density at radius 2 is 1.90 bits per heavy atom. The van der Waals surface area contributed by atoms with Crippen LogP contribution in [0.3, 0.4) is 0 Å². The van der Waals surface area contributed by atoms with Crippen LogP contribution in [0, 0.1) is 5.92 Å². The molecule has 4 atom stereocenters. The number of carbonyl (C=O) groups excluding carboxylic acids is 1.